The summed E-state index contributed by atoms with van der Waals surface area (Å²) < 4.78 is 0. The summed E-state index contributed by atoms with van der Waals surface area (Å²) in [7, 11) is 0. The minimum Gasteiger partial charge on any atom is -0.379 e. The van der Waals surface area contributed by atoms with Crippen LogP contribution in [0.15, 0.2) is 54.7 Å². The monoisotopic (exact) mass is 223 g/mol. The fourth-order valence-corrected chi connectivity index (χ4v) is 1.91. The summed E-state index contributed by atoms with van der Waals surface area (Å²) in [6.45, 7) is 0.818. The zero-order chi connectivity index (χ0) is 11.5. The van der Waals surface area contributed by atoms with E-state index in [4.69, 9.17) is 0 Å². The van der Waals surface area contributed by atoms with Gasteiger partial charge in [0.15, 0.2) is 0 Å². The Labute approximate surface area is 99.5 Å². The maximum absolute atomic E-state index is 4.05. The molecule has 0 aliphatic heterocycles. The van der Waals surface area contributed by atoms with Gasteiger partial charge in [-0.1, -0.05) is 42.5 Å². The molecule has 1 aromatic heterocycles. The van der Waals surface area contributed by atoms with Gasteiger partial charge in [0.2, 0.25) is 0 Å². The lowest BCUT2D eigenvalue weighted by Gasteiger charge is -2.07. The van der Waals surface area contributed by atoms with Gasteiger partial charge in [0.1, 0.15) is 0 Å². The Kier molecular flexibility index (Phi) is 2.50. The predicted molar refractivity (Wildman–Crippen MR) is 69.9 cm³/mol. The van der Waals surface area contributed by atoms with Gasteiger partial charge in [-0.3, -0.25) is 5.10 Å². The van der Waals surface area contributed by atoms with Crippen LogP contribution in [0.1, 0.15) is 5.56 Å². The lowest BCUT2D eigenvalue weighted by molar-refractivity contribution is 1.11. The number of nitrogens with zero attached hydrogens (tertiary/aromatic N) is 1. The second kappa shape index (κ2) is 4.29. The van der Waals surface area contributed by atoms with Crippen molar-refractivity contribution in [2.75, 3.05) is 5.32 Å². The predicted octanol–water partition coefficient (Wildman–Crippen LogP) is 3.18. The highest BCUT2D eigenvalue weighted by molar-refractivity contribution is 5.89. The quantitative estimate of drug-likeness (QED) is 0.716. The minimum absolute atomic E-state index is 0.818. The minimum atomic E-state index is 0.818. The number of aromatic nitrogens is 2. The van der Waals surface area contributed by atoms with E-state index >= 15 is 0 Å². The molecule has 0 aliphatic rings. The molecule has 0 saturated carbocycles. The number of nitrogens with one attached hydrogen (secondary N) is 2. The second-order valence-corrected chi connectivity index (χ2v) is 3.98. The number of benzene rings is 2. The van der Waals surface area contributed by atoms with Crippen molar-refractivity contribution in [2.45, 2.75) is 6.54 Å². The molecule has 3 heteroatoms. The fourth-order valence-electron chi connectivity index (χ4n) is 1.91. The van der Waals surface area contributed by atoms with Crippen molar-refractivity contribution < 1.29 is 0 Å². The first-order valence-electron chi connectivity index (χ1n) is 5.63. The van der Waals surface area contributed by atoms with Crippen LogP contribution in [0.2, 0.25) is 0 Å². The van der Waals surface area contributed by atoms with Crippen LogP contribution < -0.4 is 5.32 Å². The molecule has 1 heterocycles. The second-order valence-electron chi connectivity index (χ2n) is 3.98. The van der Waals surface area contributed by atoms with Gasteiger partial charge in [-0.15, -0.1) is 0 Å². The van der Waals surface area contributed by atoms with E-state index in [9.17, 15) is 0 Å². The van der Waals surface area contributed by atoms with Crippen LogP contribution in [0, 0.1) is 0 Å². The van der Waals surface area contributed by atoms with Crippen LogP contribution in [0.5, 0.6) is 0 Å². The van der Waals surface area contributed by atoms with E-state index in [0.717, 1.165) is 23.1 Å². The Morgan fingerprint density at radius 2 is 1.88 bits per heavy atom. The Bertz CT molecular complexity index is 613. The van der Waals surface area contributed by atoms with Gasteiger partial charge >= 0.3 is 0 Å². The lowest BCUT2D eigenvalue weighted by atomic mass is 10.2. The number of anilines is 1. The molecule has 0 saturated heterocycles. The number of hydrogen-bond donors (Lipinski definition) is 2. The van der Waals surface area contributed by atoms with Gasteiger partial charge in [0, 0.05) is 11.9 Å². The molecule has 0 bridgehead atoms. The number of H-pyrrole nitrogens is 1. The molecule has 0 amide bonds. The Hall–Kier alpha value is -2.29. The molecule has 0 radical (unpaired) electrons. The largest absolute Gasteiger partial charge is 0.379 e. The molecular weight excluding hydrogens is 210 g/mol. The van der Waals surface area contributed by atoms with Gasteiger partial charge in [0.05, 0.1) is 17.4 Å². The van der Waals surface area contributed by atoms with Crippen LogP contribution >= 0.6 is 0 Å². The van der Waals surface area contributed by atoms with E-state index in [2.05, 4.69) is 33.7 Å². The highest BCUT2D eigenvalue weighted by atomic mass is 15.1. The van der Waals surface area contributed by atoms with Crippen LogP contribution in [0.4, 0.5) is 5.69 Å². The zero-order valence-electron chi connectivity index (χ0n) is 9.35. The number of aromatic amines is 1. The normalized spacial score (nSPS) is 10.6. The molecule has 0 fully saturated rings. The first-order chi connectivity index (χ1) is 8.43. The third kappa shape index (κ3) is 1.99. The average Bonchev–Trinajstić information content (AvgIpc) is 2.86. The number of rotatable bonds is 3. The van der Waals surface area contributed by atoms with Gasteiger partial charge < -0.3 is 5.32 Å². The first-order valence-corrected chi connectivity index (χ1v) is 5.63. The molecule has 0 atom stereocenters. The van der Waals surface area contributed by atoms with Crippen molar-refractivity contribution in [3.63, 3.8) is 0 Å². The third-order valence-electron chi connectivity index (χ3n) is 2.80. The lowest BCUT2D eigenvalue weighted by Crippen LogP contribution is -1.99. The van der Waals surface area contributed by atoms with E-state index in [1.165, 1.54) is 5.56 Å². The molecule has 3 nitrogen and oxygen atoms in total. The van der Waals surface area contributed by atoms with Gasteiger partial charge in [-0.25, -0.2) is 0 Å². The molecule has 0 spiro atoms. The van der Waals surface area contributed by atoms with Crippen molar-refractivity contribution in [1.82, 2.24) is 10.2 Å². The Morgan fingerprint density at radius 3 is 2.76 bits per heavy atom. The summed E-state index contributed by atoms with van der Waals surface area (Å²) >= 11 is 0. The molecule has 3 rings (SSSR count). The topological polar surface area (TPSA) is 40.7 Å². The summed E-state index contributed by atoms with van der Waals surface area (Å²) in [5.41, 5.74) is 3.41. The summed E-state index contributed by atoms with van der Waals surface area (Å²) in [4.78, 5) is 0. The van der Waals surface area contributed by atoms with Crippen LogP contribution in [-0.2, 0) is 6.54 Å². The Morgan fingerprint density at radius 1 is 1.00 bits per heavy atom. The highest BCUT2D eigenvalue weighted by Crippen LogP contribution is 2.20. The van der Waals surface area contributed by atoms with Crippen molar-refractivity contribution in [3.05, 3.63) is 60.3 Å². The van der Waals surface area contributed by atoms with E-state index in [1.807, 2.05) is 36.5 Å². The van der Waals surface area contributed by atoms with Crippen molar-refractivity contribution in [3.8, 4) is 0 Å². The number of para-hydroxylation sites is 1. The van der Waals surface area contributed by atoms with Crippen molar-refractivity contribution in [1.29, 1.82) is 0 Å². The number of hydrogen-bond acceptors (Lipinski definition) is 2. The Balaban J connectivity index is 1.84. The van der Waals surface area contributed by atoms with E-state index in [0.29, 0.717) is 0 Å². The standard InChI is InChI=1S/C14H13N3/c1-2-5-11(6-3-1)9-15-13-8-4-7-12-10-16-17-14(12)13/h1-8,10,15H,9H2,(H,16,17). The van der Waals surface area contributed by atoms with Crippen molar-refractivity contribution >= 4 is 16.6 Å². The zero-order valence-corrected chi connectivity index (χ0v) is 9.35. The van der Waals surface area contributed by atoms with Crippen LogP contribution in [-0.4, -0.2) is 10.2 Å². The molecular formula is C14H13N3. The number of fused-ring (bicyclic) bond motifs is 1. The molecule has 2 N–H and O–H groups in total. The summed E-state index contributed by atoms with van der Waals surface area (Å²) in [5, 5.41) is 11.6. The molecule has 3 aromatic rings. The van der Waals surface area contributed by atoms with E-state index in [1.54, 1.807) is 0 Å². The van der Waals surface area contributed by atoms with E-state index < -0.39 is 0 Å². The van der Waals surface area contributed by atoms with Crippen LogP contribution in [0.25, 0.3) is 10.9 Å². The molecule has 84 valence electrons. The first kappa shape index (κ1) is 9.90. The van der Waals surface area contributed by atoms with Crippen molar-refractivity contribution in [2.24, 2.45) is 0 Å². The maximum atomic E-state index is 4.05. The van der Waals surface area contributed by atoms with Gasteiger partial charge in [-0.2, -0.15) is 5.10 Å². The van der Waals surface area contributed by atoms with Crippen LogP contribution in [0.3, 0.4) is 0 Å². The van der Waals surface area contributed by atoms with Gasteiger partial charge in [-0.05, 0) is 11.6 Å². The maximum Gasteiger partial charge on any atom is 0.0881 e. The molecule has 2 aromatic carbocycles. The smallest absolute Gasteiger partial charge is 0.0881 e. The SMILES string of the molecule is c1ccc(CNc2cccc3cn[nH]c23)cc1. The average molecular weight is 223 g/mol. The molecule has 0 unspecified atom stereocenters. The van der Waals surface area contributed by atoms with E-state index in [-0.39, 0.29) is 0 Å². The molecule has 17 heavy (non-hydrogen) atoms. The highest BCUT2D eigenvalue weighted by Gasteiger charge is 2.01. The third-order valence-corrected chi connectivity index (χ3v) is 2.80. The summed E-state index contributed by atoms with van der Waals surface area (Å²) in [6, 6.07) is 16.5. The van der Waals surface area contributed by atoms with Gasteiger partial charge in [0.25, 0.3) is 0 Å². The fraction of sp³-hybridized carbons (Fsp3) is 0.0714. The molecule has 0 aliphatic carbocycles. The summed E-state index contributed by atoms with van der Waals surface area (Å²) in [6.07, 6.45) is 1.84. The summed E-state index contributed by atoms with van der Waals surface area (Å²) in [5.74, 6) is 0.